The summed E-state index contributed by atoms with van der Waals surface area (Å²) in [6, 6.07) is 7.53. The van der Waals surface area contributed by atoms with Crippen LogP contribution in [0.2, 0.25) is 0 Å². The van der Waals surface area contributed by atoms with E-state index >= 15 is 0 Å². The van der Waals surface area contributed by atoms with Gasteiger partial charge in [0, 0.05) is 6.54 Å². The maximum atomic E-state index is 12.3. The molecule has 7 nitrogen and oxygen atoms in total. The zero-order valence-corrected chi connectivity index (χ0v) is 14.5. The summed E-state index contributed by atoms with van der Waals surface area (Å²) in [7, 11) is 6.02. The molecule has 8 heteroatoms. The fraction of sp³-hybridized carbons (Fsp3) is 0.389. The largest absolute Gasteiger partial charge is 0.354 e. The van der Waals surface area contributed by atoms with Gasteiger partial charge in [-0.3, -0.25) is 4.57 Å². The molecule has 26 heavy (non-hydrogen) atoms. The molecule has 1 aromatic carbocycles. The Morgan fingerprint density at radius 2 is 2.08 bits per heavy atom. The second-order valence-electron chi connectivity index (χ2n) is 6.72. The van der Waals surface area contributed by atoms with E-state index in [1.54, 1.807) is 10.8 Å². The number of nitrogens with zero attached hydrogens (tertiary/aromatic N) is 3. The molecular weight excluding hydrogens is 327 g/mol. The molecule has 2 aromatic heterocycles. The van der Waals surface area contributed by atoms with Gasteiger partial charge in [0.2, 0.25) is 5.95 Å². The van der Waals surface area contributed by atoms with Crippen LogP contribution >= 0.6 is 0 Å². The molecular formula is C18H21BN6O. The molecule has 0 atom stereocenters. The van der Waals surface area contributed by atoms with Gasteiger partial charge in [0.15, 0.2) is 5.65 Å². The first-order valence-electron chi connectivity index (χ1n) is 8.94. The average molecular weight is 348 g/mol. The van der Waals surface area contributed by atoms with E-state index in [-0.39, 0.29) is 5.69 Å². The Balaban J connectivity index is 1.58. The van der Waals surface area contributed by atoms with E-state index in [4.69, 9.17) is 7.85 Å². The number of hydrogen-bond acceptors (Lipinski definition) is 5. The summed E-state index contributed by atoms with van der Waals surface area (Å²) < 4.78 is 1.60. The molecule has 132 valence electrons. The van der Waals surface area contributed by atoms with Crippen molar-refractivity contribution < 1.29 is 0 Å². The maximum absolute atomic E-state index is 12.3. The predicted octanol–water partition coefficient (Wildman–Crippen LogP) is 0.373. The third-order valence-corrected chi connectivity index (χ3v) is 4.90. The highest BCUT2D eigenvalue weighted by Crippen LogP contribution is 2.14. The number of imidazole rings is 1. The fourth-order valence-electron chi connectivity index (χ4n) is 3.35. The average Bonchev–Trinajstić information content (AvgIpc) is 2.97. The third kappa shape index (κ3) is 3.50. The number of piperidine rings is 1. The van der Waals surface area contributed by atoms with Crippen LogP contribution < -0.4 is 21.8 Å². The molecule has 0 bridgehead atoms. The highest BCUT2D eigenvalue weighted by molar-refractivity contribution is 6.33. The normalized spacial score (nSPS) is 15.4. The van der Waals surface area contributed by atoms with Crippen molar-refractivity contribution >= 4 is 30.4 Å². The smallest absolute Gasteiger partial charge is 0.328 e. The van der Waals surface area contributed by atoms with E-state index < -0.39 is 0 Å². The number of aromatic amines is 1. The van der Waals surface area contributed by atoms with E-state index in [0.29, 0.717) is 35.0 Å². The van der Waals surface area contributed by atoms with Crippen molar-refractivity contribution in [1.82, 2.24) is 24.8 Å². The van der Waals surface area contributed by atoms with Gasteiger partial charge in [0.1, 0.15) is 13.4 Å². The van der Waals surface area contributed by atoms with E-state index in [1.165, 1.54) is 0 Å². The van der Waals surface area contributed by atoms with Crippen LogP contribution in [0.4, 0.5) is 5.95 Å². The van der Waals surface area contributed by atoms with Crippen LogP contribution in [0.3, 0.4) is 0 Å². The Kier molecular flexibility index (Phi) is 4.75. The SMILES string of the molecule is [B]c1ccccc1Cn1c(=O)[nH]c2cnc(NCC3CCNCC3)nc21. The molecule has 4 rings (SSSR count). The molecule has 3 heterocycles. The number of rotatable bonds is 5. The number of H-pyrrole nitrogens is 1. The van der Waals surface area contributed by atoms with Crippen molar-refractivity contribution in [2.75, 3.05) is 25.0 Å². The molecule has 1 aliphatic rings. The van der Waals surface area contributed by atoms with Crippen molar-refractivity contribution in [3.05, 3.63) is 46.5 Å². The summed E-state index contributed by atoms with van der Waals surface area (Å²) in [6.45, 7) is 3.33. The van der Waals surface area contributed by atoms with Crippen molar-refractivity contribution in [3.63, 3.8) is 0 Å². The van der Waals surface area contributed by atoms with Crippen molar-refractivity contribution in [3.8, 4) is 0 Å². The van der Waals surface area contributed by atoms with Gasteiger partial charge in [0.25, 0.3) is 0 Å². The van der Waals surface area contributed by atoms with Crippen LogP contribution in [0.1, 0.15) is 18.4 Å². The Hall–Kier alpha value is -2.61. The monoisotopic (exact) mass is 348 g/mol. The quantitative estimate of drug-likeness (QED) is 0.580. The Morgan fingerprint density at radius 3 is 2.88 bits per heavy atom. The first-order chi connectivity index (χ1) is 12.7. The Bertz CT molecular complexity index is 960. The van der Waals surface area contributed by atoms with Gasteiger partial charge in [-0.05, 0) is 37.4 Å². The lowest BCUT2D eigenvalue weighted by Gasteiger charge is -2.22. The molecule has 0 aliphatic carbocycles. The van der Waals surface area contributed by atoms with Crippen molar-refractivity contribution in [2.24, 2.45) is 5.92 Å². The standard InChI is InChI=1S/C18H21BN6O/c19-14-4-2-1-3-13(14)11-25-16-15(23-18(25)26)10-22-17(24-16)21-9-12-5-7-20-8-6-12/h1-4,10,12,20H,5-9,11H2,(H,23,26)(H,21,22,24). The summed E-state index contributed by atoms with van der Waals surface area (Å²) in [5.74, 6) is 1.16. The Labute approximate surface area is 152 Å². The molecule has 2 radical (unpaired) electrons. The molecule has 0 amide bonds. The number of benzene rings is 1. The minimum atomic E-state index is -0.215. The minimum Gasteiger partial charge on any atom is -0.354 e. The molecule has 0 unspecified atom stereocenters. The van der Waals surface area contributed by atoms with Gasteiger partial charge < -0.3 is 15.6 Å². The number of aromatic nitrogens is 4. The number of anilines is 1. The number of hydrogen-bond donors (Lipinski definition) is 3. The van der Waals surface area contributed by atoms with Crippen LogP contribution in [-0.2, 0) is 6.54 Å². The summed E-state index contributed by atoms with van der Waals surface area (Å²) in [5, 5.41) is 6.68. The van der Waals surface area contributed by atoms with Gasteiger partial charge >= 0.3 is 5.69 Å². The summed E-state index contributed by atoms with van der Waals surface area (Å²) in [6.07, 6.45) is 3.95. The summed E-state index contributed by atoms with van der Waals surface area (Å²) in [5.41, 5.74) is 2.54. The van der Waals surface area contributed by atoms with E-state index in [1.807, 2.05) is 24.3 Å². The first kappa shape index (κ1) is 16.8. The van der Waals surface area contributed by atoms with E-state index in [0.717, 1.165) is 38.0 Å². The van der Waals surface area contributed by atoms with Gasteiger partial charge in [-0.25, -0.2) is 9.78 Å². The minimum absolute atomic E-state index is 0.215. The molecule has 0 spiro atoms. The second kappa shape index (κ2) is 7.33. The first-order valence-corrected chi connectivity index (χ1v) is 8.94. The topological polar surface area (TPSA) is 87.6 Å². The summed E-state index contributed by atoms with van der Waals surface area (Å²) >= 11 is 0. The van der Waals surface area contributed by atoms with Crippen molar-refractivity contribution in [1.29, 1.82) is 0 Å². The zero-order valence-electron chi connectivity index (χ0n) is 14.5. The van der Waals surface area contributed by atoms with Crippen LogP contribution in [0.25, 0.3) is 11.2 Å². The molecule has 3 aromatic rings. The molecule has 0 saturated carbocycles. The lowest BCUT2D eigenvalue weighted by atomic mass is 9.91. The van der Waals surface area contributed by atoms with Gasteiger partial charge in [-0.2, -0.15) is 4.98 Å². The van der Waals surface area contributed by atoms with Gasteiger partial charge in [-0.15, -0.1) is 0 Å². The fourth-order valence-corrected chi connectivity index (χ4v) is 3.35. The number of fused-ring (bicyclic) bond motifs is 1. The van der Waals surface area contributed by atoms with E-state index in [2.05, 4.69) is 25.6 Å². The lowest BCUT2D eigenvalue weighted by Crippen LogP contribution is -2.31. The van der Waals surface area contributed by atoms with Crippen LogP contribution in [-0.4, -0.2) is 47.0 Å². The molecule has 1 saturated heterocycles. The maximum Gasteiger partial charge on any atom is 0.328 e. The van der Waals surface area contributed by atoms with Gasteiger partial charge in [-0.1, -0.05) is 29.7 Å². The molecule has 1 fully saturated rings. The van der Waals surface area contributed by atoms with Crippen LogP contribution in [0, 0.1) is 5.92 Å². The third-order valence-electron chi connectivity index (χ3n) is 4.90. The second-order valence-corrected chi connectivity index (χ2v) is 6.72. The Morgan fingerprint density at radius 1 is 1.27 bits per heavy atom. The highest BCUT2D eigenvalue weighted by atomic mass is 16.1. The van der Waals surface area contributed by atoms with Crippen LogP contribution in [0.15, 0.2) is 35.3 Å². The lowest BCUT2D eigenvalue weighted by molar-refractivity contribution is 0.389. The van der Waals surface area contributed by atoms with Gasteiger partial charge in [0.05, 0.1) is 12.7 Å². The molecule has 3 N–H and O–H groups in total. The zero-order chi connectivity index (χ0) is 17.9. The number of nitrogens with one attached hydrogen (secondary N) is 3. The highest BCUT2D eigenvalue weighted by Gasteiger charge is 2.14. The van der Waals surface area contributed by atoms with Crippen LogP contribution in [0.5, 0.6) is 0 Å². The predicted molar refractivity (Wildman–Crippen MR) is 103 cm³/mol. The molecule has 1 aliphatic heterocycles. The van der Waals surface area contributed by atoms with Crippen molar-refractivity contribution in [2.45, 2.75) is 19.4 Å². The van der Waals surface area contributed by atoms with E-state index in [9.17, 15) is 4.79 Å². The summed E-state index contributed by atoms with van der Waals surface area (Å²) in [4.78, 5) is 24.0.